The molecule has 0 aliphatic rings. The minimum Gasteiger partial charge on any atom is -0.497 e. The van der Waals surface area contributed by atoms with E-state index in [2.05, 4.69) is 10.3 Å². The lowest BCUT2D eigenvalue weighted by Gasteiger charge is -2.08. The molecule has 2 aromatic heterocycles. The maximum Gasteiger partial charge on any atom is 0.230 e. The van der Waals surface area contributed by atoms with Crippen LogP contribution in [-0.2, 0) is 11.2 Å². The third-order valence-electron chi connectivity index (χ3n) is 4.64. The molecule has 0 bridgehead atoms. The van der Waals surface area contributed by atoms with Crippen LogP contribution >= 0.6 is 11.3 Å². The first-order valence-electron chi connectivity index (χ1n) is 9.36. The minimum atomic E-state index is -0.109. The molecule has 1 amide bonds. The topological polar surface area (TPSA) is 65.4 Å². The van der Waals surface area contributed by atoms with E-state index in [9.17, 15) is 4.79 Å². The number of nitrogens with zero attached hydrogens (tertiary/aromatic N) is 2. The number of methoxy groups -OCH3 is 2. The van der Waals surface area contributed by atoms with E-state index in [4.69, 9.17) is 9.47 Å². The molecule has 7 heteroatoms. The van der Waals surface area contributed by atoms with Gasteiger partial charge in [0.1, 0.15) is 11.5 Å². The zero-order valence-electron chi connectivity index (χ0n) is 16.7. The number of hydrogen-bond acceptors (Lipinski definition) is 5. The predicted octanol–water partition coefficient (Wildman–Crippen LogP) is 4.80. The Morgan fingerprint density at radius 1 is 1.07 bits per heavy atom. The van der Waals surface area contributed by atoms with E-state index >= 15 is 0 Å². The quantitative estimate of drug-likeness (QED) is 0.467. The summed E-state index contributed by atoms with van der Waals surface area (Å²) in [5.74, 6) is 1.30. The number of carbonyl (C=O) groups is 1. The second kappa shape index (κ2) is 8.84. The van der Waals surface area contributed by atoms with Gasteiger partial charge in [0.05, 0.1) is 26.3 Å². The lowest BCUT2D eigenvalue weighted by Crippen LogP contribution is -2.14. The Morgan fingerprint density at radius 2 is 1.83 bits per heavy atom. The summed E-state index contributed by atoms with van der Waals surface area (Å²) in [6.45, 7) is 0. The highest BCUT2D eigenvalue weighted by Crippen LogP contribution is 2.35. The number of nitrogens with one attached hydrogen (secondary N) is 1. The van der Waals surface area contributed by atoms with Crippen molar-refractivity contribution >= 4 is 22.4 Å². The number of aromatic nitrogens is 2. The monoisotopic (exact) mass is 419 g/mol. The van der Waals surface area contributed by atoms with E-state index in [0.717, 1.165) is 22.5 Å². The molecule has 0 saturated heterocycles. The molecule has 0 spiro atoms. The van der Waals surface area contributed by atoms with Crippen molar-refractivity contribution in [1.29, 1.82) is 0 Å². The largest absolute Gasteiger partial charge is 0.497 e. The van der Waals surface area contributed by atoms with Crippen LogP contribution in [0.5, 0.6) is 11.5 Å². The summed E-state index contributed by atoms with van der Waals surface area (Å²) in [5, 5.41) is 5.31. The van der Waals surface area contributed by atoms with Gasteiger partial charge in [0.2, 0.25) is 5.91 Å². The maximum atomic E-state index is 12.5. The molecule has 0 saturated carbocycles. The van der Waals surface area contributed by atoms with E-state index in [1.165, 1.54) is 11.3 Å². The van der Waals surface area contributed by atoms with E-state index in [1.54, 1.807) is 14.2 Å². The summed E-state index contributed by atoms with van der Waals surface area (Å²) in [4.78, 5) is 17.0. The second-order valence-electron chi connectivity index (χ2n) is 6.59. The molecule has 6 nitrogen and oxygen atoms in total. The van der Waals surface area contributed by atoms with Crippen molar-refractivity contribution in [2.75, 3.05) is 19.5 Å². The average molecular weight is 420 g/mol. The fourth-order valence-electron chi connectivity index (χ4n) is 3.11. The predicted molar refractivity (Wildman–Crippen MR) is 119 cm³/mol. The smallest absolute Gasteiger partial charge is 0.230 e. The van der Waals surface area contributed by atoms with Crippen molar-refractivity contribution in [2.24, 2.45) is 0 Å². The number of benzene rings is 2. The lowest BCUT2D eigenvalue weighted by atomic mass is 10.1. The van der Waals surface area contributed by atoms with Crippen LogP contribution in [0.25, 0.3) is 16.9 Å². The fourth-order valence-corrected chi connectivity index (χ4v) is 3.84. The van der Waals surface area contributed by atoms with Gasteiger partial charge in [-0.2, -0.15) is 0 Å². The first-order valence-corrected chi connectivity index (χ1v) is 10.2. The molecule has 0 radical (unpaired) electrons. The van der Waals surface area contributed by atoms with Crippen LogP contribution in [0.2, 0.25) is 0 Å². The Labute approximate surface area is 178 Å². The van der Waals surface area contributed by atoms with Crippen LogP contribution in [-0.4, -0.2) is 29.7 Å². The number of anilines is 1. The Kier molecular flexibility index (Phi) is 5.81. The normalized spacial score (nSPS) is 10.6. The molecule has 2 heterocycles. The molecule has 0 aliphatic heterocycles. The van der Waals surface area contributed by atoms with Crippen molar-refractivity contribution in [3.05, 3.63) is 77.9 Å². The molecule has 4 aromatic rings. The SMILES string of the molecule is COc1ccc(OC)c(-c2csc(NC(=O)Cc3ccc(-n4cccc4)cc3)n2)c1. The fraction of sp³-hybridized carbons (Fsp3) is 0.130. The number of hydrogen-bond donors (Lipinski definition) is 1. The van der Waals surface area contributed by atoms with Crippen LogP contribution in [0.15, 0.2) is 72.4 Å². The van der Waals surface area contributed by atoms with Crippen molar-refractivity contribution in [3.63, 3.8) is 0 Å². The standard InChI is InChI=1S/C23H21N3O3S/c1-28-18-9-10-21(29-2)19(14-18)20-15-30-23(24-20)25-22(27)13-16-5-7-17(8-6-16)26-11-3-4-12-26/h3-12,14-15H,13H2,1-2H3,(H,24,25,27). The van der Waals surface area contributed by atoms with Crippen LogP contribution in [0, 0.1) is 0 Å². The van der Waals surface area contributed by atoms with Crippen LogP contribution in [0.3, 0.4) is 0 Å². The van der Waals surface area contributed by atoms with Crippen LogP contribution in [0.1, 0.15) is 5.56 Å². The van der Waals surface area contributed by atoms with Gasteiger partial charge in [0.25, 0.3) is 0 Å². The van der Waals surface area contributed by atoms with Gasteiger partial charge in [-0.05, 0) is 48.0 Å². The van der Waals surface area contributed by atoms with Gasteiger partial charge in [-0.1, -0.05) is 12.1 Å². The van der Waals surface area contributed by atoms with Gasteiger partial charge in [0.15, 0.2) is 5.13 Å². The summed E-state index contributed by atoms with van der Waals surface area (Å²) < 4.78 is 12.7. The maximum absolute atomic E-state index is 12.5. The summed E-state index contributed by atoms with van der Waals surface area (Å²) in [6, 6.07) is 17.4. The van der Waals surface area contributed by atoms with Gasteiger partial charge >= 0.3 is 0 Å². The average Bonchev–Trinajstić information content (AvgIpc) is 3.46. The highest BCUT2D eigenvalue weighted by atomic mass is 32.1. The summed E-state index contributed by atoms with van der Waals surface area (Å²) in [7, 11) is 3.23. The highest BCUT2D eigenvalue weighted by Gasteiger charge is 2.13. The first-order chi connectivity index (χ1) is 14.7. The third-order valence-corrected chi connectivity index (χ3v) is 5.39. The molecule has 0 aliphatic carbocycles. The van der Waals surface area contributed by atoms with Crippen LogP contribution < -0.4 is 14.8 Å². The molecule has 30 heavy (non-hydrogen) atoms. The third kappa shape index (κ3) is 4.36. The summed E-state index contributed by atoms with van der Waals surface area (Å²) in [5.41, 5.74) is 3.53. The van der Waals surface area contributed by atoms with Gasteiger partial charge in [-0.3, -0.25) is 4.79 Å². The lowest BCUT2D eigenvalue weighted by molar-refractivity contribution is -0.115. The molecular formula is C23H21N3O3S. The zero-order valence-corrected chi connectivity index (χ0v) is 17.5. The van der Waals surface area contributed by atoms with Crippen molar-refractivity contribution in [1.82, 2.24) is 9.55 Å². The van der Waals surface area contributed by atoms with Gasteiger partial charge in [-0.15, -0.1) is 11.3 Å². The molecule has 0 fully saturated rings. The molecule has 0 atom stereocenters. The Morgan fingerprint density at radius 3 is 2.53 bits per heavy atom. The molecule has 2 aromatic carbocycles. The van der Waals surface area contributed by atoms with E-state index < -0.39 is 0 Å². The summed E-state index contributed by atoms with van der Waals surface area (Å²) >= 11 is 1.37. The summed E-state index contributed by atoms with van der Waals surface area (Å²) in [6.07, 6.45) is 4.25. The Balaban J connectivity index is 1.43. The van der Waals surface area contributed by atoms with Crippen molar-refractivity contribution < 1.29 is 14.3 Å². The molecule has 1 N–H and O–H groups in total. The number of carbonyl (C=O) groups excluding carboxylic acids is 1. The van der Waals surface area contributed by atoms with Crippen molar-refractivity contribution in [2.45, 2.75) is 6.42 Å². The minimum absolute atomic E-state index is 0.109. The van der Waals surface area contributed by atoms with E-state index in [-0.39, 0.29) is 12.3 Å². The van der Waals surface area contributed by atoms with Crippen LogP contribution in [0.4, 0.5) is 5.13 Å². The number of thiazole rings is 1. The van der Waals surface area contributed by atoms with E-state index in [1.807, 2.05) is 76.9 Å². The number of rotatable bonds is 7. The first kappa shape index (κ1) is 19.7. The number of amides is 1. The highest BCUT2D eigenvalue weighted by molar-refractivity contribution is 7.14. The van der Waals surface area contributed by atoms with Gasteiger partial charge < -0.3 is 19.4 Å². The Hall–Kier alpha value is -3.58. The molecule has 152 valence electrons. The zero-order chi connectivity index (χ0) is 20.9. The number of ether oxygens (including phenoxy) is 2. The Bertz CT molecular complexity index is 1130. The molecule has 0 unspecified atom stereocenters. The second-order valence-corrected chi connectivity index (χ2v) is 7.44. The molecular weight excluding hydrogens is 398 g/mol. The van der Waals surface area contributed by atoms with Gasteiger partial charge in [-0.25, -0.2) is 4.98 Å². The van der Waals surface area contributed by atoms with E-state index in [0.29, 0.717) is 16.6 Å². The molecule has 4 rings (SSSR count). The van der Waals surface area contributed by atoms with Crippen molar-refractivity contribution in [3.8, 4) is 28.4 Å². The van der Waals surface area contributed by atoms with Gasteiger partial charge in [0, 0.05) is 29.0 Å².